The second-order valence-electron chi connectivity index (χ2n) is 3.25. The molecule has 0 aromatic heterocycles. The van der Waals surface area contributed by atoms with Crippen LogP contribution >= 0.6 is 0 Å². The number of anilines is 1. The highest BCUT2D eigenvalue weighted by molar-refractivity contribution is 6.04. The third-order valence-corrected chi connectivity index (χ3v) is 2.20. The van der Waals surface area contributed by atoms with Crippen LogP contribution in [-0.2, 0) is 4.79 Å². The van der Waals surface area contributed by atoms with Crippen molar-refractivity contribution in [3.63, 3.8) is 0 Å². The van der Waals surface area contributed by atoms with Crippen molar-refractivity contribution in [1.82, 2.24) is 0 Å². The summed E-state index contributed by atoms with van der Waals surface area (Å²) in [7, 11) is 2.81. The molecule has 0 radical (unpaired) electrons. The number of carboxylic acid groups (broad SMARTS) is 1. The normalized spacial score (nSPS) is 9.44. The lowest BCUT2D eigenvalue weighted by Crippen LogP contribution is -2.12. The Balaban J connectivity index is 3.32. The lowest BCUT2D eigenvalue weighted by Gasteiger charge is -2.12. The number of carboxylic acids is 1. The van der Waals surface area contributed by atoms with E-state index in [1.54, 1.807) is 0 Å². The first-order chi connectivity index (χ1) is 8.53. The molecule has 18 heavy (non-hydrogen) atoms. The molecule has 6 heteroatoms. The van der Waals surface area contributed by atoms with Crippen molar-refractivity contribution in [2.24, 2.45) is 0 Å². The summed E-state index contributed by atoms with van der Waals surface area (Å²) in [4.78, 5) is 22.3. The monoisotopic (exact) mass is 251 g/mol. The highest BCUT2D eigenvalue weighted by Crippen LogP contribution is 2.33. The number of aromatic carboxylic acids is 1. The topological polar surface area (TPSA) is 84.9 Å². The Morgan fingerprint density at radius 2 is 1.83 bits per heavy atom. The van der Waals surface area contributed by atoms with Gasteiger partial charge in [0.25, 0.3) is 0 Å². The fourth-order valence-electron chi connectivity index (χ4n) is 1.34. The van der Waals surface area contributed by atoms with Crippen LogP contribution in [0.5, 0.6) is 11.5 Å². The van der Waals surface area contributed by atoms with Crippen molar-refractivity contribution in [3.05, 3.63) is 30.4 Å². The van der Waals surface area contributed by atoms with Gasteiger partial charge in [-0.2, -0.15) is 0 Å². The fraction of sp³-hybridized carbons (Fsp3) is 0.167. The highest BCUT2D eigenvalue weighted by atomic mass is 16.5. The van der Waals surface area contributed by atoms with E-state index in [1.165, 1.54) is 26.4 Å². The van der Waals surface area contributed by atoms with E-state index in [-0.39, 0.29) is 17.0 Å². The molecule has 0 aliphatic heterocycles. The van der Waals surface area contributed by atoms with Gasteiger partial charge >= 0.3 is 5.97 Å². The predicted molar refractivity (Wildman–Crippen MR) is 65.3 cm³/mol. The fourth-order valence-corrected chi connectivity index (χ4v) is 1.34. The first kappa shape index (κ1) is 13.6. The lowest BCUT2D eigenvalue weighted by molar-refractivity contribution is -0.111. The second-order valence-corrected chi connectivity index (χ2v) is 3.25. The van der Waals surface area contributed by atoms with E-state index in [0.29, 0.717) is 5.75 Å². The van der Waals surface area contributed by atoms with Crippen LogP contribution in [0.1, 0.15) is 10.4 Å². The molecule has 0 atom stereocenters. The molecule has 1 aromatic carbocycles. The largest absolute Gasteiger partial charge is 0.493 e. The lowest BCUT2D eigenvalue weighted by atomic mass is 10.1. The molecule has 1 rings (SSSR count). The molecule has 0 bridgehead atoms. The number of methoxy groups -OCH3 is 2. The van der Waals surface area contributed by atoms with Gasteiger partial charge < -0.3 is 19.9 Å². The number of nitrogens with one attached hydrogen (secondary N) is 1. The standard InChI is InChI=1S/C12H13NO5/c1-4-11(14)13-8-6-10(18-3)9(17-2)5-7(8)12(15)16/h4-6H,1H2,2-3H3,(H,13,14)(H,15,16). The summed E-state index contributed by atoms with van der Waals surface area (Å²) in [5.41, 5.74) is 0.0212. The van der Waals surface area contributed by atoms with Gasteiger partial charge in [-0.05, 0) is 6.08 Å². The Labute approximate surface area is 104 Å². The van der Waals surface area contributed by atoms with Gasteiger partial charge in [0.15, 0.2) is 11.5 Å². The SMILES string of the molecule is C=CC(=O)Nc1cc(OC)c(OC)cc1C(=O)O. The first-order valence-corrected chi connectivity index (χ1v) is 4.96. The van der Waals surface area contributed by atoms with Gasteiger partial charge in [-0.3, -0.25) is 4.79 Å². The third-order valence-electron chi connectivity index (χ3n) is 2.20. The Morgan fingerprint density at radius 1 is 1.28 bits per heavy atom. The molecule has 0 aliphatic carbocycles. The van der Waals surface area contributed by atoms with Crippen LogP contribution in [-0.4, -0.2) is 31.2 Å². The summed E-state index contributed by atoms with van der Waals surface area (Å²) in [5.74, 6) is -1.10. The Hall–Kier alpha value is -2.50. The minimum absolute atomic E-state index is 0.0946. The molecule has 0 spiro atoms. The van der Waals surface area contributed by atoms with E-state index in [4.69, 9.17) is 14.6 Å². The number of rotatable bonds is 5. The van der Waals surface area contributed by atoms with E-state index in [2.05, 4.69) is 11.9 Å². The van der Waals surface area contributed by atoms with Crippen molar-refractivity contribution < 1.29 is 24.2 Å². The molecule has 0 saturated carbocycles. The van der Waals surface area contributed by atoms with Crippen molar-refractivity contribution in [3.8, 4) is 11.5 Å². The molecule has 1 aromatic rings. The summed E-state index contributed by atoms with van der Waals surface area (Å²) in [5, 5.41) is 11.5. The van der Waals surface area contributed by atoms with Crippen LogP contribution in [0.15, 0.2) is 24.8 Å². The molecule has 0 heterocycles. The summed E-state index contributed by atoms with van der Waals surface area (Å²) in [6.07, 6.45) is 1.04. The molecule has 0 fully saturated rings. The maximum absolute atomic E-state index is 11.2. The Bertz CT molecular complexity index is 495. The second kappa shape index (κ2) is 5.72. The van der Waals surface area contributed by atoms with E-state index in [1.807, 2.05) is 0 Å². The number of hydrogen-bond donors (Lipinski definition) is 2. The molecule has 6 nitrogen and oxygen atoms in total. The number of carbonyl (C=O) groups is 2. The van der Waals surface area contributed by atoms with Crippen LogP contribution < -0.4 is 14.8 Å². The summed E-state index contributed by atoms with van der Waals surface area (Å²) >= 11 is 0. The van der Waals surface area contributed by atoms with Gasteiger partial charge in [-0.15, -0.1) is 0 Å². The molecular weight excluding hydrogens is 238 g/mol. The van der Waals surface area contributed by atoms with E-state index in [9.17, 15) is 9.59 Å². The molecule has 0 aliphatic rings. The predicted octanol–water partition coefficient (Wildman–Crippen LogP) is 1.53. The van der Waals surface area contributed by atoms with Crippen molar-refractivity contribution in [2.45, 2.75) is 0 Å². The number of hydrogen-bond acceptors (Lipinski definition) is 4. The van der Waals surface area contributed by atoms with Crippen LogP contribution in [0, 0.1) is 0 Å². The van der Waals surface area contributed by atoms with Crippen molar-refractivity contribution in [1.29, 1.82) is 0 Å². The average molecular weight is 251 g/mol. The van der Waals surface area contributed by atoms with E-state index < -0.39 is 11.9 Å². The summed E-state index contributed by atoms with van der Waals surface area (Å²) < 4.78 is 10.0. The van der Waals surface area contributed by atoms with Crippen LogP contribution in [0.2, 0.25) is 0 Å². The van der Waals surface area contributed by atoms with Gasteiger partial charge in [-0.25, -0.2) is 4.79 Å². The van der Waals surface area contributed by atoms with E-state index in [0.717, 1.165) is 6.08 Å². The molecule has 0 unspecified atom stereocenters. The number of amides is 1. The van der Waals surface area contributed by atoms with Crippen molar-refractivity contribution >= 4 is 17.6 Å². The van der Waals surface area contributed by atoms with Crippen molar-refractivity contribution in [2.75, 3.05) is 19.5 Å². The summed E-state index contributed by atoms with van der Waals surface area (Å²) in [6, 6.07) is 2.66. The molecular formula is C12H13NO5. The maximum atomic E-state index is 11.2. The minimum Gasteiger partial charge on any atom is -0.493 e. The first-order valence-electron chi connectivity index (χ1n) is 4.96. The highest BCUT2D eigenvalue weighted by Gasteiger charge is 2.17. The molecule has 1 amide bonds. The van der Waals surface area contributed by atoms with Gasteiger partial charge in [-0.1, -0.05) is 6.58 Å². The zero-order valence-electron chi connectivity index (χ0n) is 10.0. The van der Waals surface area contributed by atoms with Gasteiger partial charge in [0.05, 0.1) is 25.5 Å². The van der Waals surface area contributed by atoms with Crippen LogP contribution in [0.4, 0.5) is 5.69 Å². The number of benzene rings is 1. The number of ether oxygens (including phenoxy) is 2. The average Bonchev–Trinajstić information content (AvgIpc) is 2.37. The molecule has 0 saturated heterocycles. The zero-order valence-corrected chi connectivity index (χ0v) is 10.0. The smallest absolute Gasteiger partial charge is 0.337 e. The zero-order chi connectivity index (χ0) is 13.7. The van der Waals surface area contributed by atoms with Crippen LogP contribution in [0.3, 0.4) is 0 Å². The van der Waals surface area contributed by atoms with Gasteiger partial charge in [0, 0.05) is 12.1 Å². The third kappa shape index (κ3) is 2.79. The minimum atomic E-state index is -1.18. The molecule has 96 valence electrons. The Morgan fingerprint density at radius 3 is 2.28 bits per heavy atom. The number of carbonyl (C=O) groups excluding carboxylic acids is 1. The summed E-state index contributed by atoms with van der Waals surface area (Å²) in [6.45, 7) is 3.29. The Kier molecular flexibility index (Phi) is 4.31. The van der Waals surface area contributed by atoms with Gasteiger partial charge in [0.2, 0.25) is 5.91 Å². The van der Waals surface area contributed by atoms with Gasteiger partial charge in [0.1, 0.15) is 0 Å². The molecule has 2 N–H and O–H groups in total. The van der Waals surface area contributed by atoms with Crippen LogP contribution in [0.25, 0.3) is 0 Å². The quantitative estimate of drug-likeness (QED) is 0.775. The van der Waals surface area contributed by atoms with E-state index >= 15 is 0 Å². The maximum Gasteiger partial charge on any atom is 0.337 e.